The Kier molecular flexibility index (Phi) is 14.0. The summed E-state index contributed by atoms with van der Waals surface area (Å²) in [6.07, 6.45) is 8.03. The Morgan fingerprint density at radius 3 is 2.19 bits per heavy atom. The molecule has 0 aromatic heterocycles. The Labute approximate surface area is 249 Å². The van der Waals surface area contributed by atoms with Gasteiger partial charge in [0.1, 0.15) is 23.7 Å². The van der Waals surface area contributed by atoms with Crippen molar-refractivity contribution in [3.05, 3.63) is 0 Å². The van der Waals surface area contributed by atoms with Gasteiger partial charge in [-0.15, -0.1) is 0 Å². The number of rotatable bonds is 10. The summed E-state index contributed by atoms with van der Waals surface area (Å²) in [5.41, 5.74) is 3.94. The van der Waals surface area contributed by atoms with Crippen molar-refractivity contribution < 1.29 is 24.0 Å². The summed E-state index contributed by atoms with van der Waals surface area (Å²) in [4.78, 5) is 66.3. The SMILES string of the molecule is CC[C@@H]1NC(=O)[C@H](CCCNC(=N)N)NC(=O)[C@](C)(NC(=O)C(C)C)CCNC(=O)[C@@H](CCC2CCCCC2)NC1=O. The van der Waals surface area contributed by atoms with Gasteiger partial charge < -0.3 is 37.6 Å². The molecule has 0 bridgehead atoms. The van der Waals surface area contributed by atoms with Gasteiger partial charge in [-0.1, -0.05) is 52.9 Å². The molecule has 2 rings (SSSR count). The number of nitrogens with one attached hydrogen (secondary N) is 7. The summed E-state index contributed by atoms with van der Waals surface area (Å²) in [5, 5.41) is 24.1. The second-order valence-electron chi connectivity index (χ2n) is 12.1. The van der Waals surface area contributed by atoms with Crippen molar-refractivity contribution in [1.82, 2.24) is 31.9 Å². The maximum atomic E-state index is 13.6. The third-order valence-corrected chi connectivity index (χ3v) is 8.22. The number of nitrogens with two attached hydrogens (primary N) is 1. The average Bonchev–Trinajstić information content (AvgIpc) is 2.94. The Bertz CT molecular complexity index is 968. The second kappa shape index (κ2) is 16.9. The van der Waals surface area contributed by atoms with Crippen molar-refractivity contribution in [3.63, 3.8) is 0 Å². The predicted molar refractivity (Wildman–Crippen MR) is 160 cm³/mol. The molecule has 0 radical (unpaired) electrons. The first-order chi connectivity index (χ1) is 19.9. The third kappa shape index (κ3) is 11.1. The van der Waals surface area contributed by atoms with Crippen LogP contribution in [0.5, 0.6) is 0 Å². The lowest BCUT2D eigenvalue weighted by Gasteiger charge is -2.33. The lowest BCUT2D eigenvalue weighted by atomic mass is 9.85. The smallest absolute Gasteiger partial charge is 0.246 e. The Balaban J connectivity index is 2.33. The van der Waals surface area contributed by atoms with Crippen LogP contribution < -0.4 is 37.6 Å². The first kappa shape index (κ1) is 34.8. The maximum absolute atomic E-state index is 13.6. The van der Waals surface area contributed by atoms with Crippen LogP contribution in [0.3, 0.4) is 0 Å². The van der Waals surface area contributed by atoms with Gasteiger partial charge in [0, 0.05) is 19.0 Å². The van der Waals surface area contributed by atoms with Crippen LogP contribution in [-0.2, 0) is 24.0 Å². The molecule has 1 saturated heterocycles. The molecule has 0 unspecified atom stereocenters. The maximum Gasteiger partial charge on any atom is 0.246 e. The zero-order chi connectivity index (χ0) is 31.3. The van der Waals surface area contributed by atoms with Crippen LogP contribution in [0, 0.1) is 17.2 Å². The molecule has 2 aliphatic rings. The molecular formula is C29H52N8O5. The summed E-state index contributed by atoms with van der Waals surface area (Å²) in [6.45, 7) is 7.14. The van der Waals surface area contributed by atoms with Gasteiger partial charge in [0.15, 0.2) is 5.96 Å². The number of carbonyl (C=O) groups excluding carboxylic acids is 5. The van der Waals surface area contributed by atoms with E-state index < -0.39 is 47.3 Å². The van der Waals surface area contributed by atoms with Crippen molar-refractivity contribution in [2.45, 2.75) is 122 Å². The molecule has 0 aromatic rings. The molecule has 1 saturated carbocycles. The van der Waals surface area contributed by atoms with Gasteiger partial charge in [0.05, 0.1) is 0 Å². The van der Waals surface area contributed by atoms with E-state index in [0.717, 1.165) is 19.3 Å². The summed E-state index contributed by atoms with van der Waals surface area (Å²) >= 11 is 0. The predicted octanol–water partition coefficient (Wildman–Crippen LogP) is 0.525. The second-order valence-corrected chi connectivity index (χ2v) is 12.1. The molecule has 9 N–H and O–H groups in total. The van der Waals surface area contributed by atoms with Gasteiger partial charge in [-0.3, -0.25) is 29.4 Å². The molecule has 13 nitrogen and oxygen atoms in total. The molecule has 5 amide bonds. The van der Waals surface area contributed by atoms with E-state index in [0.29, 0.717) is 25.3 Å². The van der Waals surface area contributed by atoms with E-state index >= 15 is 0 Å². The van der Waals surface area contributed by atoms with Gasteiger partial charge in [-0.05, 0) is 51.4 Å². The lowest BCUT2D eigenvalue weighted by molar-refractivity contribution is -0.138. The largest absolute Gasteiger partial charge is 0.370 e. The summed E-state index contributed by atoms with van der Waals surface area (Å²) < 4.78 is 0. The minimum atomic E-state index is -1.42. The molecule has 4 atom stereocenters. The van der Waals surface area contributed by atoms with E-state index in [1.54, 1.807) is 27.7 Å². The fourth-order valence-corrected chi connectivity index (χ4v) is 5.37. The van der Waals surface area contributed by atoms with E-state index in [1.807, 2.05) is 0 Å². The van der Waals surface area contributed by atoms with Crippen molar-refractivity contribution in [2.24, 2.45) is 17.6 Å². The van der Waals surface area contributed by atoms with Crippen molar-refractivity contribution in [2.75, 3.05) is 13.1 Å². The number of carbonyl (C=O) groups is 5. The molecule has 0 spiro atoms. The molecule has 0 aromatic carbocycles. The Morgan fingerprint density at radius 2 is 1.57 bits per heavy atom. The minimum absolute atomic E-state index is 0.0736. The molecule has 1 aliphatic heterocycles. The zero-order valence-corrected chi connectivity index (χ0v) is 25.7. The highest BCUT2D eigenvalue weighted by atomic mass is 16.2. The minimum Gasteiger partial charge on any atom is -0.370 e. The first-order valence-corrected chi connectivity index (χ1v) is 15.5. The van der Waals surface area contributed by atoms with Gasteiger partial charge in [-0.2, -0.15) is 0 Å². The van der Waals surface area contributed by atoms with Crippen LogP contribution in [0.4, 0.5) is 0 Å². The number of hydrogen-bond donors (Lipinski definition) is 8. The normalized spacial score (nSPS) is 26.7. The van der Waals surface area contributed by atoms with Crippen molar-refractivity contribution in [1.29, 1.82) is 5.41 Å². The standard InChI is InChI=1S/C29H52N8O5/c1-5-20-25(40)35-22(14-13-19-10-7-6-8-11-19)24(39)32-17-15-29(4,37-23(38)18(2)3)27(42)36-21(26(41)34-20)12-9-16-33-28(30)31/h18-22H,5-17H2,1-4H3,(H,32,39)(H,34,41)(H,35,40)(H,36,42)(H,37,38)(H4,30,31,33)/t20-,21-,22+,29+/m0/s1. The lowest BCUT2D eigenvalue weighted by Crippen LogP contribution is -2.63. The zero-order valence-electron chi connectivity index (χ0n) is 25.7. The fraction of sp³-hybridized carbons (Fsp3) is 0.793. The van der Waals surface area contributed by atoms with Crippen LogP contribution >= 0.6 is 0 Å². The van der Waals surface area contributed by atoms with Gasteiger partial charge >= 0.3 is 0 Å². The average molecular weight is 593 g/mol. The molecular weight excluding hydrogens is 540 g/mol. The number of amides is 5. The molecule has 238 valence electrons. The topological polar surface area (TPSA) is 207 Å². The summed E-state index contributed by atoms with van der Waals surface area (Å²) in [6, 6.07) is -2.71. The first-order valence-electron chi connectivity index (χ1n) is 15.5. The van der Waals surface area contributed by atoms with Gasteiger partial charge in [-0.25, -0.2) is 0 Å². The summed E-state index contributed by atoms with van der Waals surface area (Å²) in [5.74, 6) is -2.36. The Morgan fingerprint density at radius 1 is 0.952 bits per heavy atom. The molecule has 1 aliphatic carbocycles. The molecule has 1 heterocycles. The van der Waals surface area contributed by atoms with E-state index in [1.165, 1.54) is 19.3 Å². The highest BCUT2D eigenvalue weighted by Crippen LogP contribution is 2.28. The van der Waals surface area contributed by atoms with Crippen LogP contribution in [0.25, 0.3) is 0 Å². The monoisotopic (exact) mass is 592 g/mol. The van der Waals surface area contributed by atoms with Crippen LogP contribution in [0.2, 0.25) is 0 Å². The van der Waals surface area contributed by atoms with E-state index in [2.05, 4.69) is 31.9 Å². The molecule has 13 heteroatoms. The Hall–Kier alpha value is -3.38. The highest BCUT2D eigenvalue weighted by Gasteiger charge is 2.38. The highest BCUT2D eigenvalue weighted by molar-refractivity contribution is 5.97. The van der Waals surface area contributed by atoms with Crippen molar-refractivity contribution >= 4 is 35.5 Å². The van der Waals surface area contributed by atoms with Crippen molar-refractivity contribution in [3.8, 4) is 0 Å². The van der Waals surface area contributed by atoms with E-state index in [9.17, 15) is 24.0 Å². The van der Waals surface area contributed by atoms with Crippen LogP contribution in [0.1, 0.15) is 98.3 Å². The third-order valence-electron chi connectivity index (χ3n) is 8.22. The van der Waals surface area contributed by atoms with E-state index in [4.69, 9.17) is 11.1 Å². The number of guanidine groups is 1. The van der Waals surface area contributed by atoms with Crippen LogP contribution in [0.15, 0.2) is 0 Å². The summed E-state index contributed by atoms with van der Waals surface area (Å²) in [7, 11) is 0. The molecule has 42 heavy (non-hydrogen) atoms. The molecule has 2 fully saturated rings. The van der Waals surface area contributed by atoms with Crippen LogP contribution in [-0.4, -0.2) is 72.2 Å². The van der Waals surface area contributed by atoms with E-state index in [-0.39, 0.29) is 43.6 Å². The number of hydrogen-bond acceptors (Lipinski definition) is 6. The van der Waals surface area contributed by atoms with Gasteiger partial charge in [0.25, 0.3) is 0 Å². The quantitative estimate of drug-likeness (QED) is 0.102. The van der Waals surface area contributed by atoms with Gasteiger partial charge in [0.2, 0.25) is 29.5 Å². The fourth-order valence-electron chi connectivity index (χ4n) is 5.37.